The van der Waals surface area contributed by atoms with Crippen LogP contribution in [0.4, 0.5) is 0 Å². The summed E-state index contributed by atoms with van der Waals surface area (Å²) in [7, 11) is 0. The summed E-state index contributed by atoms with van der Waals surface area (Å²) in [4.78, 5) is 14.4. The van der Waals surface area contributed by atoms with Gasteiger partial charge in [0.25, 0.3) is 0 Å². The molecule has 172 valence electrons. The van der Waals surface area contributed by atoms with Crippen LogP contribution in [-0.2, 0) is 30.6 Å². The lowest BCUT2D eigenvalue weighted by molar-refractivity contribution is -0.124. The Hall–Kier alpha value is -2.96. The first kappa shape index (κ1) is 21.6. The molecule has 0 spiro atoms. The molecule has 4 aromatic rings. The maximum absolute atomic E-state index is 13.1. The summed E-state index contributed by atoms with van der Waals surface area (Å²) in [5, 5.41) is 14.0. The largest absolute Gasteiger partial charge is 0.352 e. The van der Waals surface area contributed by atoms with Crippen molar-refractivity contribution in [3.05, 3.63) is 98.4 Å². The average Bonchev–Trinajstić information content (AvgIpc) is 3.49. The fraction of sp³-hybridized carbons (Fsp3) is 0.296. The smallest absolute Gasteiger partial charge is 0.224 e. The summed E-state index contributed by atoms with van der Waals surface area (Å²) in [5.74, 6) is 2.19. The number of nitrogens with one attached hydrogen (secondary N) is 1. The standard InChI is InChI=1S/C27H25ClN4OS/c1-16-30-31-24-12-11-20(19-9-5-6-10-22(19)28)25-21-13-18(14-23(21)34-27(25)32(16)24)26(33)29-15-17-7-3-2-4-8-17/h2-10,18,20H,11-15H2,1H3,(H,29,33)/t18-,20-/m0/s1. The van der Waals surface area contributed by atoms with Crippen molar-refractivity contribution >= 4 is 28.8 Å². The van der Waals surface area contributed by atoms with E-state index in [9.17, 15) is 4.79 Å². The minimum Gasteiger partial charge on any atom is -0.352 e. The number of thiophene rings is 1. The highest BCUT2D eigenvalue weighted by Gasteiger charge is 2.38. The minimum absolute atomic E-state index is 0.0353. The second-order valence-corrected chi connectivity index (χ2v) is 10.6. The third kappa shape index (κ3) is 3.65. The third-order valence-corrected chi connectivity index (χ3v) is 8.65. The number of benzene rings is 2. The molecule has 0 saturated carbocycles. The summed E-state index contributed by atoms with van der Waals surface area (Å²) >= 11 is 8.49. The number of amides is 1. The van der Waals surface area contributed by atoms with Crippen LogP contribution >= 0.6 is 22.9 Å². The number of aryl methyl sites for hydroxylation is 2. The number of nitrogens with zero attached hydrogens (tertiary/aromatic N) is 3. The summed E-state index contributed by atoms with van der Waals surface area (Å²) in [6.45, 7) is 2.58. The van der Waals surface area contributed by atoms with Crippen LogP contribution in [0.15, 0.2) is 54.6 Å². The van der Waals surface area contributed by atoms with E-state index in [1.165, 1.54) is 21.0 Å². The Bertz CT molecular complexity index is 1380. The number of hydrogen-bond donors (Lipinski definition) is 1. The summed E-state index contributed by atoms with van der Waals surface area (Å²) in [5.41, 5.74) is 4.91. The molecule has 1 aliphatic carbocycles. The van der Waals surface area contributed by atoms with Gasteiger partial charge in [-0.15, -0.1) is 21.5 Å². The van der Waals surface area contributed by atoms with Gasteiger partial charge in [-0.25, -0.2) is 0 Å². The van der Waals surface area contributed by atoms with E-state index in [0.29, 0.717) is 6.54 Å². The van der Waals surface area contributed by atoms with E-state index in [-0.39, 0.29) is 17.7 Å². The van der Waals surface area contributed by atoms with Crippen molar-refractivity contribution in [2.75, 3.05) is 0 Å². The maximum Gasteiger partial charge on any atom is 0.224 e. The van der Waals surface area contributed by atoms with E-state index < -0.39 is 0 Å². The second-order valence-electron chi connectivity index (χ2n) is 9.14. The fourth-order valence-electron chi connectivity index (χ4n) is 5.40. The van der Waals surface area contributed by atoms with Gasteiger partial charge in [0.1, 0.15) is 16.6 Å². The zero-order chi connectivity index (χ0) is 23.2. The molecule has 0 bridgehead atoms. The topological polar surface area (TPSA) is 59.8 Å². The van der Waals surface area contributed by atoms with Crippen LogP contribution in [0.1, 0.15) is 51.1 Å². The molecule has 2 aromatic heterocycles. The molecule has 2 aliphatic rings. The Morgan fingerprint density at radius 1 is 1.12 bits per heavy atom. The normalized spacial score (nSPS) is 18.6. The predicted octanol–water partition coefficient (Wildman–Crippen LogP) is 5.40. The van der Waals surface area contributed by atoms with Crippen molar-refractivity contribution in [1.82, 2.24) is 20.1 Å². The van der Waals surface area contributed by atoms with Crippen molar-refractivity contribution in [2.45, 2.75) is 45.1 Å². The highest BCUT2D eigenvalue weighted by atomic mass is 35.5. The quantitative estimate of drug-likeness (QED) is 0.418. The van der Waals surface area contributed by atoms with E-state index >= 15 is 0 Å². The molecule has 0 unspecified atom stereocenters. The van der Waals surface area contributed by atoms with Gasteiger partial charge in [-0.3, -0.25) is 9.36 Å². The van der Waals surface area contributed by atoms with E-state index in [4.69, 9.17) is 11.6 Å². The maximum atomic E-state index is 13.1. The molecule has 2 atom stereocenters. The lowest BCUT2D eigenvalue weighted by Crippen LogP contribution is -2.30. The molecule has 0 saturated heterocycles. The molecule has 34 heavy (non-hydrogen) atoms. The number of fused-ring (bicyclic) bond motifs is 5. The van der Waals surface area contributed by atoms with Gasteiger partial charge < -0.3 is 5.32 Å². The molecule has 1 N–H and O–H groups in total. The van der Waals surface area contributed by atoms with Crippen LogP contribution in [-0.4, -0.2) is 20.7 Å². The Morgan fingerprint density at radius 2 is 1.91 bits per heavy atom. The van der Waals surface area contributed by atoms with E-state index in [2.05, 4.69) is 32.2 Å². The average molecular weight is 489 g/mol. The van der Waals surface area contributed by atoms with Gasteiger partial charge in [0.2, 0.25) is 5.91 Å². The Balaban J connectivity index is 1.35. The first-order chi connectivity index (χ1) is 16.6. The van der Waals surface area contributed by atoms with Gasteiger partial charge in [0.15, 0.2) is 0 Å². The zero-order valence-corrected chi connectivity index (χ0v) is 20.5. The zero-order valence-electron chi connectivity index (χ0n) is 18.9. The van der Waals surface area contributed by atoms with Gasteiger partial charge in [0.05, 0.1) is 0 Å². The number of carbonyl (C=O) groups is 1. The molecule has 2 aromatic carbocycles. The third-order valence-electron chi connectivity index (χ3n) is 7.06. The lowest BCUT2D eigenvalue weighted by atomic mass is 9.86. The molecule has 3 heterocycles. The minimum atomic E-state index is -0.0353. The van der Waals surface area contributed by atoms with Crippen LogP contribution in [0, 0.1) is 12.8 Å². The van der Waals surface area contributed by atoms with Gasteiger partial charge in [0, 0.05) is 34.7 Å². The second kappa shape index (κ2) is 8.67. The summed E-state index contributed by atoms with van der Waals surface area (Å²) < 4.78 is 2.22. The number of halogens is 1. The number of rotatable bonds is 4. The number of carbonyl (C=O) groups excluding carboxylic acids is 1. The molecule has 6 rings (SSSR count). The van der Waals surface area contributed by atoms with Gasteiger partial charge in [-0.05, 0) is 54.5 Å². The van der Waals surface area contributed by atoms with Crippen LogP contribution in [0.2, 0.25) is 5.02 Å². The molecule has 7 heteroatoms. The van der Waals surface area contributed by atoms with Crippen molar-refractivity contribution < 1.29 is 4.79 Å². The SMILES string of the molecule is Cc1nnc2n1-c1sc3c(c1[C@H](c1ccccc1Cl)CC2)C[C@H](C(=O)NCc1ccccc1)C3. The lowest BCUT2D eigenvalue weighted by Gasteiger charge is -2.20. The summed E-state index contributed by atoms with van der Waals surface area (Å²) in [6, 6.07) is 18.2. The van der Waals surface area contributed by atoms with Crippen molar-refractivity contribution in [3.63, 3.8) is 0 Å². The Morgan fingerprint density at radius 3 is 2.74 bits per heavy atom. The Labute approximate surface area is 207 Å². The molecule has 0 radical (unpaired) electrons. The highest BCUT2D eigenvalue weighted by Crippen LogP contribution is 2.49. The molecular formula is C27H25ClN4OS. The van der Waals surface area contributed by atoms with Crippen LogP contribution in [0.5, 0.6) is 0 Å². The molecular weight excluding hydrogens is 464 g/mol. The molecule has 5 nitrogen and oxygen atoms in total. The monoisotopic (exact) mass is 488 g/mol. The van der Waals surface area contributed by atoms with Crippen molar-refractivity contribution in [1.29, 1.82) is 0 Å². The van der Waals surface area contributed by atoms with Gasteiger partial charge >= 0.3 is 0 Å². The highest BCUT2D eigenvalue weighted by molar-refractivity contribution is 7.15. The fourth-order valence-corrected chi connectivity index (χ4v) is 7.21. The van der Waals surface area contributed by atoms with E-state index in [0.717, 1.165) is 53.5 Å². The first-order valence-corrected chi connectivity index (χ1v) is 12.9. The van der Waals surface area contributed by atoms with E-state index in [1.807, 2.05) is 49.4 Å². The molecule has 0 fully saturated rings. The van der Waals surface area contributed by atoms with Gasteiger partial charge in [-0.2, -0.15) is 0 Å². The molecule has 1 amide bonds. The van der Waals surface area contributed by atoms with Crippen molar-refractivity contribution in [2.24, 2.45) is 5.92 Å². The predicted molar refractivity (Wildman–Crippen MR) is 135 cm³/mol. The van der Waals surface area contributed by atoms with Crippen molar-refractivity contribution in [3.8, 4) is 5.00 Å². The van der Waals surface area contributed by atoms with E-state index in [1.54, 1.807) is 11.3 Å². The van der Waals surface area contributed by atoms with Gasteiger partial charge in [-0.1, -0.05) is 60.1 Å². The Kier molecular flexibility index (Phi) is 5.50. The first-order valence-electron chi connectivity index (χ1n) is 11.7. The number of hydrogen-bond acceptors (Lipinski definition) is 4. The van der Waals surface area contributed by atoms with Crippen LogP contribution < -0.4 is 5.32 Å². The number of aromatic nitrogens is 3. The molecule has 1 aliphatic heterocycles. The summed E-state index contributed by atoms with van der Waals surface area (Å²) in [6.07, 6.45) is 3.30. The van der Waals surface area contributed by atoms with Crippen LogP contribution in [0.3, 0.4) is 0 Å². The van der Waals surface area contributed by atoms with Crippen LogP contribution in [0.25, 0.3) is 5.00 Å².